The minimum atomic E-state index is -0.521. The Balaban J connectivity index is 1.20. The molecule has 39 heavy (non-hydrogen) atoms. The summed E-state index contributed by atoms with van der Waals surface area (Å²) >= 11 is 0. The Bertz CT molecular complexity index is 1860. The predicted octanol–water partition coefficient (Wildman–Crippen LogP) is 6.87. The van der Waals surface area contributed by atoms with Gasteiger partial charge in [0.05, 0.1) is 17.4 Å². The Morgan fingerprint density at radius 3 is 2.18 bits per heavy atom. The Hall–Kier alpha value is -5.30. The van der Waals surface area contributed by atoms with Crippen molar-refractivity contribution in [2.75, 3.05) is 5.01 Å². The van der Waals surface area contributed by atoms with Crippen LogP contribution in [-0.4, -0.2) is 15.9 Å². The first-order chi connectivity index (χ1) is 19.2. The number of anilines is 1. The molecule has 0 saturated carbocycles. The smallest absolute Gasteiger partial charge is 0.349 e. The Labute approximate surface area is 223 Å². The first-order valence-corrected chi connectivity index (χ1v) is 12.7. The Morgan fingerprint density at radius 1 is 0.692 bits per heavy atom. The van der Waals surface area contributed by atoms with Gasteiger partial charge in [0.15, 0.2) is 0 Å². The van der Waals surface area contributed by atoms with Gasteiger partial charge < -0.3 is 8.83 Å². The molecule has 188 valence electrons. The molecule has 7 nitrogen and oxygen atoms in total. The fraction of sp³-hybridized carbons (Fsp3) is 0.0625. The number of hydrazone groups is 1. The number of benzene rings is 4. The third-order valence-electron chi connectivity index (χ3n) is 6.88. The van der Waals surface area contributed by atoms with E-state index in [1.807, 2.05) is 66.7 Å². The third-order valence-corrected chi connectivity index (χ3v) is 6.88. The monoisotopic (exact) mass is 510 g/mol. The van der Waals surface area contributed by atoms with Crippen LogP contribution in [0.4, 0.5) is 5.69 Å². The molecule has 4 aromatic carbocycles. The van der Waals surface area contributed by atoms with Crippen LogP contribution >= 0.6 is 0 Å². The molecule has 7 heteroatoms. The first kappa shape index (κ1) is 22.9. The summed E-state index contributed by atoms with van der Waals surface area (Å²) in [6.45, 7) is 0. The van der Waals surface area contributed by atoms with Crippen LogP contribution in [0.5, 0.6) is 0 Å². The zero-order valence-corrected chi connectivity index (χ0v) is 20.8. The van der Waals surface area contributed by atoms with Crippen LogP contribution in [0, 0.1) is 0 Å². The summed E-state index contributed by atoms with van der Waals surface area (Å²) < 4.78 is 11.3. The summed E-state index contributed by atoms with van der Waals surface area (Å²) in [4.78, 5) is 12.5. The van der Waals surface area contributed by atoms with Gasteiger partial charge in [-0.1, -0.05) is 78.9 Å². The summed E-state index contributed by atoms with van der Waals surface area (Å²) in [5.74, 6) is 0.438. The molecular formula is C32H22N4O3. The van der Waals surface area contributed by atoms with Gasteiger partial charge in [0.2, 0.25) is 5.89 Å². The average Bonchev–Trinajstić information content (AvgIpc) is 3.66. The van der Waals surface area contributed by atoms with Crippen molar-refractivity contribution < 1.29 is 8.83 Å². The van der Waals surface area contributed by atoms with E-state index in [-0.39, 0.29) is 17.5 Å². The van der Waals surface area contributed by atoms with Crippen LogP contribution in [0.1, 0.15) is 23.6 Å². The van der Waals surface area contributed by atoms with E-state index >= 15 is 0 Å². The van der Waals surface area contributed by atoms with Gasteiger partial charge in [0, 0.05) is 17.4 Å². The SMILES string of the molecule is O=c1oc2ccccc2cc1-c1nnc(-c2ccc(N3N=C(c4ccccc4)C[C@@H]3c3ccccc3)cc2)o1. The van der Waals surface area contributed by atoms with Crippen molar-refractivity contribution in [3.8, 4) is 22.9 Å². The summed E-state index contributed by atoms with van der Waals surface area (Å²) in [6, 6.07) is 37.6. The molecule has 0 spiro atoms. The standard InChI is InChI=1S/C32H22N4O3/c37-32-26(19-24-13-7-8-14-29(24)38-32)31-34-33-30(39-31)23-15-17-25(18-16-23)36-28(22-11-5-2-6-12-22)20-27(35-36)21-9-3-1-4-10-21/h1-19,28H,20H2/t28-/m1/s1. The van der Waals surface area contributed by atoms with E-state index in [0.717, 1.165) is 34.3 Å². The molecule has 0 N–H and O–H groups in total. The number of nitrogens with zero attached hydrogens (tertiary/aromatic N) is 4. The summed E-state index contributed by atoms with van der Waals surface area (Å²) in [5, 5.41) is 16.2. The number of aromatic nitrogens is 2. The molecule has 6 aromatic rings. The predicted molar refractivity (Wildman–Crippen MR) is 150 cm³/mol. The van der Waals surface area contributed by atoms with E-state index in [4.69, 9.17) is 13.9 Å². The fourth-order valence-corrected chi connectivity index (χ4v) is 4.90. The highest BCUT2D eigenvalue weighted by Crippen LogP contribution is 2.37. The summed E-state index contributed by atoms with van der Waals surface area (Å²) in [6.07, 6.45) is 0.803. The van der Waals surface area contributed by atoms with Gasteiger partial charge in [-0.2, -0.15) is 5.10 Å². The molecule has 1 aliphatic heterocycles. The van der Waals surface area contributed by atoms with Gasteiger partial charge in [-0.3, -0.25) is 5.01 Å². The quantitative estimate of drug-likeness (QED) is 0.235. The molecule has 1 atom stereocenters. The van der Waals surface area contributed by atoms with Gasteiger partial charge in [-0.25, -0.2) is 4.79 Å². The molecule has 0 unspecified atom stereocenters. The molecule has 0 fully saturated rings. The molecule has 0 bridgehead atoms. The molecule has 0 saturated heterocycles. The molecule has 7 rings (SSSR count). The van der Waals surface area contributed by atoms with E-state index in [0.29, 0.717) is 11.5 Å². The van der Waals surface area contributed by atoms with Gasteiger partial charge in [-0.05, 0) is 47.5 Å². The number of hydrogen-bond donors (Lipinski definition) is 0. The molecule has 3 heterocycles. The largest absolute Gasteiger partial charge is 0.422 e. The van der Waals surface area contributed by atoms with Crippen molar-refractivity contribution in [3.63, 3.8) is 0 Å². The second-order valence-electron chi connectivity index (χ2n) is 9.33. The minimum absolute atomic E-state index is 0.0781. The zero-order chi connectivity index (χ0) is 26.2. The average molecular weight is 511 g/mol. The highest BCUT2D eigenvalue weighted by molar-refractivity contribution is 6.03. The van der Waals surface area contributed by atoms with E-state index < -0.39 is 5.63 Å². The number of rotatable bonds is 5. The lowest BCUT2D eigenvalue weighted by Crippen LogP contribution is -2.18. The van der Waals surface area contributed by atoms with E-state index in [2.05, 4.69) is 51.6 Å². The van der Waals surface area contributed by atoms with Gasteiger partial charge >= 0.3 is 5.63 Å². The fourth-order valence-electron chi connectivity index (χ4n) is 4.90. The second kappa shape index (κ2) is 9.54. The van der Waals surface area contributed by atoms with Crippen LogP contribution in [0.2, 0.25) is 0 Å². The first-order valence-electron chi connectivity index (χ1n) is 12.7. The van der Waals surface area contributed by atoms with Crippen molar-refractivity contribution in [1.82, 2.24) is 10.2 Å². The minimum Gasteiger partial charge on any atom is -0.422 e. The van der Waals surface area contributed by atoms with Crippen LogP contribution in [0.15, 0.2) is 134 Å². The highest BCUT2D eigenvalue weighted by Gasteiger charge is 2.30. The van der Waals surface area contributed by atoms with Crippen LogP contribution in [0.25, 0.3) is 33.9 Å². The van der Waals surface area contributed by atoms with E-state index in [1.165, 1.54) is 5.56 Å². The molecule has 0 amide bonds. The molecule has 2 aromatic heterocycles. The maximum atomic E-state index is 12.5. The lowest BCUT2D eigenvalue weighted by molar-refractivity contribution is 0.547. The van der Waals surface area contributed by atoms with Crippen LogP contribution in [0.3, 0.4) is 0 Å². The van der Waals surface area contributed by atoms with Crippen molar-refractivity contribution in [2.45, 2.75) is 12.5 Å². The second-order valence-corrected chi connectivity index (χ2v) is 9.33. The van der Waals surface area contributed by atoms with Crippen molar-refractivity contribution >= 4 is 22.4 Å². The summed E-state index contributed by atoms with van der Waals surface area (Å²) in [5.41, 5.74) is 5.28. The number of fused-ring (bicyclic) bond motifs is 1. The van der Waals surface area contributed by atoms with E-state index in [1.54, 1.807) is 12.1 Å². The maximum Gasteiger partial charge on any atom is 0.349 e. The van der Waals surface area contributed by atoms with Crippen LogP contribution in [-0.2, 0) is 0 Å². The summed E-state index contributed by atoms with van der Waals surface area (Å²) in [7, 11) is 0. The highest BCUT2D eigenvalue weighted by atomic mass is 16.4. The normalized spacial score (nSPS) is 15.0. The van der Waals surface area contributed by atoms with Gasteiger partial charge in [0.1, 0.15) is 11.1 Å². The van der Waals surface area contributed by atoms with Crippen LogP contribution < -0.4 is 10.6 Å². The Kier molecular flexibility index (Phi) is 5.59. The lowest BCUT2D eigenvalue weighted by atomic mass is 9.98. The van der Waals surface area contributed by atoms with Gasteiger partial charge in [-0.15, -0.1) is 10.2 Å². The van der Waals surface area contributed by atoms with Crippen molar-refractivity contribution in [1.29, 1.82) is 0 Å². The maximum absolute atomic E-state index is 12.5. The number of para-hydroxylation sites is 1. The molecule has 1 aliphatic rings. The Morgan fingerprint density at radius 2 is 1.38 bits per heavy atom. The van der Waals surface area contributed by atoms with Crippen molar-refractivity contribution in [3.05, 3.63) is 137 Å². The lowest BCUT2D eigenvalue weighted by Gasteiger charge is -2.24. The molecular weight excluding hydrogens is 488 g/mol. The topological polar surface area (TPSA) is 84.7 Å². The molecule has 0 radical (unpaired) electrons. The molecule has 0 aliphatic carbocycles. The zero-order valence-electron chi connectivity index (χ0n) is 20.8. The van der Waals surface area contributed by atoms with E-state index in [9.17, 15) is 4.79 Å². The van der Waals surface area contributed by atoms with Crippen molar-refractivity contribution in [2.24, 2.45) is 5.10 Å². The third kappa shape index (κ3) is 4.30. The van der Waals surface area contributed by atoms with Gasteiger partial charge in [0.25, 0.3) is 5.89 Å². The number of hydrogen-bond acceptors (Lipinski definition) is 7.